The van der Waals surface area contributed by atoms with Gasteiger partial charge in [-0.2, -0.15) is 0 Å². The summed E-state index contributed by atoms with van der Waals surface area (Å²) in [6.07, 6.45) is 2.40. The van der Waals surface area contributed by atoms with Crippen LogP contribution in [0.1, 0.15) is 50.5 Å². The molecule has 1 atom stereocenters. The van der Waals surface area contributed by atoms with E-state index in [0.717, 1.165) is 0 Å². The number of nitrogens with zero attached hydrogens (tertiary/aromatic N) is 1. The van der Waals surface area contributed by atoms with Gasteiger partial charge in [0.25, 0.3) is 5.09 Å². The molecule has 1 aromatic rings. The third-order valence-electron chi connectivity index (χ3n) is 3.71. The van der Waals surface area contributed by atoms with Crippen molar-refractivity contribution in [1.29, 1.82) is 0 Å². The Labute approximate surface area is 155 Å². The lowest BCUT2D eigenvalue weighted by atomic mass is 10.0. The first-order valence-corrected chi connectivity index (χ1v) is 8.59. The van der Waals surface area contributed by atoms with Crippen molar-refractivity contribution in [1.82, 2.24) is 5.32 Å². The van der Waals surface area contributed by atoms with Crippen LogP contribution in [0.15, 0.2) is 13.6 Å². The average molecular weight is 388 g/mol. The van der Waals surface area contributed by atoms with Crippen LogP contribution in [0.2, 0.25) is 0 Å². The molecular formula is C16H24N2O9. The quantitative estimate of drug-likeness (QED) is 0.229. The fourth-order valence-electron chi connectivity index (χ4n) is 2.17. The lowest BCUT2D eigenvalue weighted by Crippen LogP contribution is -2.24. The van der Waals surface area contributed by atoms with Gasteiger partial charge >= 0.3 is 11.8 Å². The van der Waals surface area contributed by atoms with Crippen LogP contribution in [0.5, 0.6) is 0 Å². The van der Waals surface area contributed by atoms with E-state index in [9.17, 15) is 24.5 Å². The molecule has 0 saturated carbocycles. The zero-order chi connectivity index (χ0) is 20.2. The third kappa shape index (κ3) is 9.42. The summed E-state index contributed by atoms with van der Waals surface area (Å²) in [5.41, 5.74) is 0. The molecule has 0 bridgehead atoms. The summed E-state index contributed by atoms with van der Waals surface area (Å²) < 4.78 is 14.5. The molecule has 1 aromatic heterocycles. The summed E-state index contributed by atoms with van der Waals surface area (Å²) in [5.74, 6) is -1.31. The van der Waals surface area contributed by atoms with Crippen molar-refractivity contribution in [2.75, 3.05) is 13.2 Å². The highest BCUT2D eigenvalue weighted by atomic mass is 16.9. The molecule has 1 heterocycles. The maximum absolute atomic E-state index is 11.9. The molecule has 1 N–H and O–H groups in total. The Hall–Kier alpha value is -2.85. The van der Waals surface area contributed by atoms with E-state index in [2.05, 4.69) is 14.6 Å². The van der Waals surface area contributed by atoms with E-state index >= 15 is 0 Å². The molecule has 0 spiro atoms. The van der Waals surface area contributed by atoms with Crippen LogP contribution in [0.4, 0.5) is 0 Å². The Morgan fingerprint density at radius 2 is 2.00 bits per heavy atom. The Balaban J connectivity index is 2.08. The molecule has 1 amide bonds. The number of amides is 1. The van der Waals surface area contributed by atoms with Crippen LogP contribution in [0.25, 0.3) is 0 Å². The molecule has 152 valence electrons. The second kappa shape index (κ2) is 11.7. The van der Waals surface area contributed by atoms with Gasteiger partial charge in [-0.1, -0.05) is 13.3 Å². The van der Waals surface area contributed by atoms with Crippen molar-refractivity contribution in [2.45, 2.75) is 52.6 Å². The minimum absolute atomic E-state index is 0.109. The first-order valence-electron chi connectivity index (χ1n) is 8.59. The molecule has 0 aromatic carbocycles. The predicted octanol–water partition coefficient (Wildman–Crippen LogP) is 1.50. The Kier molecular flexibility index (Phi) is 9.62. The molecule has 1 rings (SSSR count). The molecule has 11 nitrogen and oxygen atoms in total. The number of hydrogen-bond donors (Lipinski definition) is 1. The van der Waals surface area contributed by atoms with Gasteiger partial charge in [-0.3, -0.25) is 9.59 Å². The summed E-state index contributed by atoms with van der Waals surface area (Å²) in [7, 11) is 0. The zero-order valence-electron chi connectivity index (χ0n) is 15.4. The summed E-state index contributed by atoms with van der Waals surface area (Å²) in [4.78, 5) is 48.4. The van der Waals surface area contributed by atoms with Gasteiger partial charge in [0.15, 0.2) is 18.1 Å². The number of esters is 1. The van der Waals surface area contributed by atoms with Crippen LogP contribution in [-0.2, 0) is 25.8 Å². The molecule has 0 saturated heterocycles. The van der Waals surface area contributed by atoms with Crippen LogP contribution in [0.3, 0.4) is 0 Å². The highest BCUT2D eigenvalue weighted by Gasteiger charge is 2.17. The minimum atomic E-state index is -0.893. The number of unbranched alkanes of at least 4 members (excludes halogenated alkanes) is 1. The molecule has 0 radical (unpaired) electrons. The molecule has 0 aliphatic heterocycles. The number of nitrogens with one attached hydrogen (secondary N) is 1. The Bertz CT molecular complexity index is 680. The number of hydrogen-bond acceptors (Lipinski definition) is 9. The van der Waals surface area contributed by atoms with Crippen molar-refractivity contribution in [2.24, 2.45) is 5.92 Å². The van der Waals surface area contributed by atoms with E-state index in [0.29, 0.717) is 25.8 Å². The smallest absolute Gasteiger partial charge is 0.457 e. The van der Waals surface area contributed by atoms with Gasteiger partial charge in [-0.05, 0) is 26.2 Å². The number of ether oxygens (including phenoxy) is 1. The predicted molar refractivity (Wildman–Crippen MR) is 90.0 cm³/mol. The molecule has 0 fully saturated rings. The standard InChI is InChI=1S/C16H24N2O9/c1-11(15(20)24-10-13-12(2)26-16(21)27-13)6-3-4-8-17-14(19)7-5-9-25-18(22)23/h11H,3-10H2,1-2H3,(H,17,19). The fraction of sp³-hybridized carbons (Fsp3) is 0.688. The number of rotatable bonds is 13. The van der Waals surface area contributed by atoms with Gasteiger partial charge in [0.1, 0.15) is 0 Å². The normalized spacial score (nSPS) is 11.6. The van der Waals surface area contributed by atoms with Gasteiger partial charge in [0.2, 0.25) is 5.91 Å². The Morgan fingerprint density at radius 3 is 2.63 bits per heavy atom. The fourth-order valence-corrected chi connectivity index (χ4v) is 2.17. The van der Waals surface area contributed by atoms with E-state index in [4.69, 9.17) is 9.15 Å². The largest absolute Gasteiger partial charge is 0.519 e. The summed E-state index contributed by atoms with van der Waals surface area (Å²) in [6.45, 7) is 3.46. The van der Waals surface area contributed by atoms with Crippen molar-refractivity contribution in [3.63, 3.8) is 0 Å². The summed E-state index contributed by atoms with van der Waals surface area (Å²) in [6, 6.07) is 0. The Morgan fingerprint density at radius 1 is 1.26 bits per heavy atom. The number of aryl methyl sites for hydroxylation is 1. The monoisotopic (exact) mass is 388 g/mol. The second-order valence-corrected chi connectivity index (χ2v) is 5.95. The van der Waals surface area contributed by atoms with E-state index in [1.165, 1.54) is 0 Å². The number of carbonyl (C=O) groups is 2. The summed E-state index contributed by atoms with van der Waals surface area (Å²) >= 11 is 0. The SMILES string of the molecule is Cc1oc(=O)oc1COC(=O)C(C)CCCCNC(=O)CCCO[N+](=O)[O-]. The minimum Gasteiger partial charge on any atom is -0.457 e. The average Bonchev–Trinajstić information content (AvgIpc) is 2.93. The van der Waals surface area contributed by atoms with E-state index in [1.807, 2.05) is 0 Å². The first-order chi connectivity index (χ1) is 12.8. The van der Waals surface area contributed by atoms with Crippen molar-refractivity contribution in [3.8, 4) is 0 Å². The third-order valence-corrected chi connectivity index (χ3v) is 3.71. The van der Waals surface area contributed by atoms with Gasteiger partial charge < -0.3 is 23.7 Å². The van der Waals surface area contributed by atoms with Crippen molar-refractivity contribution >= 4 is 11.9 Å². The van der Waals surface area contributed by atoms with E-state index in [-0.39, 0.29) is 49.4 Å². The highest BCUT2D eigenvalue weighted by molar-refractivity contribution is 5.75. The van der Waals surface area contributed by atoms with Crippen molar-refractivity contribution < 1.29 is 33.1 Å². The van der Waals surface area contributed by atoms with E-state index < -0.39 is 16.9 Å². The maximum atomic E-state index is 11.9. The topological polar surface area (TPSA) is 151 Å². The van der Waals surface area contributed by atoms with Gasteiger partial charge in [-0.15, -0.1) is 10.1 Å². The van der Waals surface area contributed by atoms with Crippen LogP contribution < -0.4 is 11.1 Å². The first kappa shape index (κ1) is 22.2. The van der Waals surface area contributed by atoms with Crippen LogP contribution in [-0.4, -0.2) is 30.1 Å². The second-order valence-electron chi connectivity index (χ2n) is 5.95. The molecule has 27 heavy (non-hydrogen) atoms. The lowest BCUT2D eigenvalue weighted by Gasteiger charge is -2.11. The summed E-state index contributed by atoms with van der Waals surface area (Å²) in [5, 5.41) is 11.8. The molecular weight excluding hydrogens is 364 g/mol. The lowest BCUT2D eigenvalue weighted by molar-refractivity contribution is -0.757. The molecule has 1 unspecified atom stereocenters. The molecule has 0 aliphatic carbocycles. The van der Waals surface area contributed by atoms with Gasteiger partial charge in [0, 0.05) is 13.0 Å². The van der Waals surface area contributed by atoms with Crippen LogP contribution in [0, 0.1) is 23.0 Å². The molecule has 0 aliphatic rings. The van der Waals surface area contributed by atoms with Crippen molar-refractivity contribution in [3.05, 3.63) is 32.3 Å². The van der Waals surface area contributed by atoms with E-state index in [1.54, 1.807) is 13.8 Å². The highest BCUT2D eigenvalue weighted by Crippen LogP contribution is 2.12. The van der Waals surface area contributed by atoms with Crippen LogP contribution >= 0.6 is 0 Å². The van der Waals surface area contributed by atoms with Gasteiger partial charge in [-0.25, -0.2) is 4.79 Å². The van der Waals surface area contributed by atoms with Gasteiger partial charge in [0.05, 0.1) is 12.5 Å². The number of carbonyl (C=O) groups excluding carboxylic acids is 2. The zero-order valence-corrected chi connectivity index (χ0v) is 15.4. The molecule has 11 heteroatoms. The maximum Gasteiger partial charge on any atom is 0.519 e.